The molecule has 8 heteroatoms. The molecule has 1 saturated heterocycles. The molecule has 128 valence electrons. The fraction of sp³-hybridized carbons (Fsp3) is 0.375. The summed E-state index contributed by atoms with van der Waals surface area (Å²) in [6.07, 6.45) is 3.36. The molecule has 1 aliphatic heterocycles. The summed E-state index contributed by atoms with van der Waals surface area (Å²) in [5.41, 5.74) is 2.04. The molecule has 0 bridgehead atoms. The first-order valence-electron chi connectivity index (χ1n) is 7.53. The highest BCUT2D eigenvalue weighted by Crippen LogP contribution is 2.29. The fourth-order valence-corrected chi connectivity index (χ4v) is 4.49. The second-order valence-corrected chi connectivity index (χ2v) is 8.68. The predicted molar refractivity (Wildman–Crippen MR) is 91.8 cm³/mol. The van der Waals surface area contributed by atoms with Crippen LogP contribution in [0.1, 0.15) is 27.5 Å². The number of sulfone groups is 1. The SMILES string of the molecule is Cc1cc(C(=O)N2CCS(=O)(=O)CC2c2cnn(C)c2)ccc1Cl. The Labute approximate surface area is 145 Å². The summed E-state index contributed by atoms with van der Waals surface area (Å²) in [5, 5.41) is 4.69. The van der Waals surface area contributed by atoms with Gasteiger partial charge < -0.3 is 4.90 Å². The van der Waals surface area contributed by atoms with Gasteiger partial charge in [0.1, 0.15) is 0 Å². The number of rotatable bonds is 2. The van der Waals surface area contributed by atoms with Gasteiger partial charge in [0, 0.05) is 35.9 Å². The number of halogens is 1. The minimum absolute atomic E-state index is 0.0257. The van der Waals surface area contributed by atoms with E-state index < -0.39 is 15.9 Å². The van der Waals surface area contributed by atoms with Crippen LogP contribution in [0.25, 0.3) is 0 Å². The van der Waals surface area contributed by atoms with E-state index in [4.69, 9.17) is 11.6 Å². The first kappa shape index (κ1) is 17.0. The van der Waals surface area contributed by atoms with E-state index in [1.165, 1.54) is 0 Å². The standard InChI is InChI=1S/C16H18ClN3O3S/c1-11-7-12(3-4-14(11)17)16(21)20-5-6-24(22,23)10-15(20)13-8-18-19(2)9-13/h3-4,7-9,15H,5-6,10H2,1-2H3. The van der Waals surface area contributed by atoms with Crippen molar-refractivity contribution in [3.05, 3.63) is 52.3 Å². The zero-order valence-electron chi connectivity index (χ0n) is 13.4. The first-order valence-corrected chi connectivity index (χ1v) is 9.73. The van der Waals surface area contributed by atoms with E-state index >= 15 is 0 Å². The Balaban J connectivity index is 1.97. The van der Waals surface area contributed by atoms with Crippen molar-refractivity contribution in [1.29, 1.82) is 0 Å². The molecule has 2 heterocycles. The molecule has 3 rings (SSSR count). The van der Waals surface area contributed by atoms with Gasteiger partial charge in [-0.05, 0) is 30.7 Å². The van der Waals surface area contributed by atoms with E-state index in [0.29, 0.717) is 10.6 Å². The van der Waals surface area contributed by atoms with Gasteiger partial charge in [-0.1, -0.05) is 11.6 Å². The summed E-state index contributed by atoms with van der Waals surface area (Å²) in [6.45, 7) is 2.00. The topological polar surface area (TPSA) is 72.3 Å². The molecule has 0 aliphatic carbocycles. The number of hydrogen-bond acceptors (Lipinski definition) is 4. The highest BCUT2D eigenvalue weighted by atomic mass is 35.5. The van der Waals surface area contributed by atoms with Crippen LogP contribution in [-0.2, 0) is 16.9 Å². The van der Waals surface area contributed by atoms with E-state index in [1.807, 2.05) is 6.92 Å². The van der Waals surface area contributed by atoms with Crippen LogP contribution in [0, 0.1) is 6.92 Å². The molecular formula is C16H18ClN3O3S. The van der Waals surface area contributed by atoms with Crippen LogP contribution in [0.2, 0.25) is 5.02 Å². The third-order valence-corrected chi connectivity index (χ3v) is 6.26. The van der Waals surface area contributed by atoms with Crippen molar-refractivity contribution in [3.8, 4) is 0 Å². The number of aromatic nitrogens is 2. The lowest BCUT2D eigenvalue weighted by Gasteiger charge is -2.35. The van der Waals surface area contributed by atoms with Crippen molar-refractivity contribution in [2.24, 2.45) is 7.05 Å². The van der Waals surface area contributed by atoms with Crippen molar-refractivity contribution in [2.45, 2.75) is 13.0 Å². The quantitative estimate of drug-likeness (QED) is 0.813. The lowest BCUT2D eigenvalue weighted by Crippen LogP contribution is -2.46. The molecule has 1 amide bonds. The van der Waals surface area contributed by atoms with Crippen LogP contribution in [0.4, 0.5) is 0 Å². The molecule has 1 aromatic heterocycles. The second kappa shape index (κ2) is 6.22. The summed E-state index contributed by atoms with van der Waals surface area (Å²) in [7, 11) is -1.43. The van der Waals surface area contributed by atoms with Gasteiger partial charge in [0.05, 0.1) is 23.7 Å². The number of benzene rings is 1. The van der Waals surface area contributed by atoms with Gasteiger partial charge in [0.15, 0.2) is 9.84 Å². The van der Waals surface area contributed by atoms with Gasteiger partial charge in [0.2, 0.25) is 0 Å². The second-order valence-electron chi connectivity index (χ2n) is 6.04. The summed E-state index contributed by atoms with van der Waals surface area (Å²) < 4.78 is 25.7. The zero-order valence-corrected chi connectivity index (χ0v) is 15.0. The molecule has 1 atom stereocenters. The Kier molecular flexibility index (Phi) is 4.40. The van der Waals surface area contributed by atoms with E-state index in [2.05, 4.69) is 5.10 Å². The Morgan fingerprint density at radius 3 is 2.75 bits per heavy atom. The van der Waals surface area contributed by atoms with E-state index in [0.717, 1.165) is 11.1 Å². The molecule has 0 N–H and O–H groups in total. The third kappa shape index (κ3) is 3.32. The number of carbonyl (C=O) groups excluding carboxylic acids is 1. The molecule has 1 aliphatic rings. The maximum atomic E-state index is 12.9. The molecule has 0 spiro atoms. The molecule has 6 nitrogen and oxygen atoms in total. The predicted octanol–water partition coefficient (Wildman–Crippen LogP) is 1.99. The van der Waals surface area contributed by atoms with Crippen LogP contribution in [-0.4, -0.2) is 47.1 Å². The molecule has 0 radical (unpaired) electrons. The average molecular weight is 368 g/mol. The summed E-state index contributed by atoms with van der Waals surface area (Å²) >= 11 is 6.02. The minimum Gasteiger partial charge on any atom is -0.329 e. The van der Waals surface area contributed by atoms with Gasteiger partial charge in [-0.2, -0.15) is 5.10 Å². The lowest BCUT2D eigenvalue weighted by molar-refractivity contribution is 0.0697. The third-order valence-electron chi connectivity index (χ3n) is 4.21. The number of carbonyl (C=O) groups is 1. The molecular weight excluding hydrogens is 350 g/mol. The molecule has 1 fully saturated rings. The van der Waals surface area contributed by atoms with Gasteiger partial charge in [-0.25, -0.2) is 8.42 Å². The van der Waals surface area contributed by atoms with Gasteiger partial charge in [-0.15, -0.1) is 0 Å². The maximum Gasteiger partial charge on any atom is 0.254 e. The highest BCUT2D eigenvalue weighted by molar-refractivity contribution is 7.91. The van der Waals surface area contributed by atoms with Crippen LogP contribution in [0.15, 0.2) is 30.6 Å². The zero-order chi connectivity index (χ0) is 17.5. The monoisotopic (exact) mass is 367 g/mol. The number of nitrogens with zero attached hydrogens (tertiary/aromatic N) is 3. The van der Waals surface area contributed by atoms with Crippen molar-refractivity contribution in [2.75, 3.05) is 18.1 Å². The summed E-state index contributed by atoms with van der Waals surface area (Å²) in [5.74, 6) is -0.308. The smallest absolute Gasteiger partial charge is 0.254 e. The Morgan fingerprint density at radius 1 is 1.38 bits per heavy atom. The summed E-state index contributed by atoms with van der Waals surface area (Å²) in [6, 6.07) is 4.56. The van der Waals surface area contributed by atoms with Crippen molar-refractivity contribution < 1.29 is 13.2 Å². The van der Waals surface area contributed by atoms with Crippen LogP contribution in [0.5, 0.6) is 0 Å². The van der Waals surface area contributed by atoms with Gasteiger partial charge in [-0.3, -0.25) is 9.48 Å². The van der Waals surface area contributed by atoms with Crippen molar-refractivity contribution in [1.82, 2.24) is 14.7 Å². The Bertz CT molecular complexity index is 892. The van der Waals surface area contributed by atoms with E-state index in [-0.39, 0.29) is 24.0 Å². The normalized spacial score (nSPS) is 20.1. The number of amides is 1. The largest absolute Gasteiger partial charge is 0.329 e. The van der Waals surface area contributed by atoms with E-state index in [9.17, 15) is 13.2 Å². The fourth-order valence-electron chi connectivity index (χ4n) is 2.88. The summed E-state index contributed by atoms with van der Waals surface area (Å²) in [4.78, 5) is 14.5. The molecule has 24 heavy (non-hydrogen) atoms. The Morgan fingerprint density at radius 2 is 2.12 bits per heavy atom. The average Bonchev–Trinajstić information content (AvgIpc) is 2.95. The van der Waals surface area contributed by atoms with Crippen LogP contribution < -0.4 is 0 Å². The number of hydrogen-bond donors (Lipinski definition) is 0. The van der Waals surface area contributed by atoms with Crippen LogP contribution >= 0.6 is 11.6 Å². The molecule has 2 aromatic rings. The van der Waals surface area contributed by atoms with Crippen LogP contribution in [0.3, 0.4) is 0 Å². The molecule has 1 unspecified atom stereocenters. The van der Waals surface area contributed by atoms with E-state index in [1.54, 1.807) is 47.2 Å². The highest BCUT2D eigenvalue weighted by Gasteiger charge is 2.36. The maximum absolute atomic E-state index is 12.9. The minimum atomic E-state index is -3.19. The Hall–Kier alpha value is -1.86. The van der Waals surface area contributed by atoms with Crippen molar-refractivity contribution in [3.63, 3.8) is 0 Å². The molecule has 0 saturated carbocycles. The van der Waals surface area contributed by atoms with Gasteiger partial charge in [0.25, 0.3) is 5.91 Å². The van der Waals surface area contributed by atoms with Crippen molar-refractivity contribution >= 4 is 27.3 Å². The van der Waals surface area contributed by atoms with Gasteiger partial charge >= 0.3 is 0 Å². The molecule has 1 aromatic carbocycles. The first-order chi connectivity index (χ1) is 11.3. The lowest BCUT2D eigenvalue weighted by atomic mass is 10.1. The number of aryl methyl sites for hydroxylation is 2.